The molecule has 0 amide bonds. The summed E-state index contributed by atoms with van der Waals surface area (Å²) in [6, 6.07) is 3.44. The quantitative estimate of drug-likeness (QED) is 0.660. The Balaban J connectivity index is 0.00000110. The summed E-state index contributed by atoms with van der Waals surface area (Å²) in [6.45, 7) is 3.91. The largest absolute Gasteiger partial charge is 0.433 e. The molecule has 1 aliphatic heterocycles. The van der Waals surface area contributed by atoms with Crippen molar-refractivity contribution in [2.24, 2.45) is 5.92 Å². The van der Waals surface area contributed by atoms with E-state index in [1.165, 1.54) is 18.9 Å². The minimum Gasteiger partial charge on any atom is -0.404 e. The highest BCUT2D eigenvalue weighted by molar-refractivity contribution is 5.85. The molecule has 1 atom stereocenters. The molecule has 1 saturated carbocycles. The van der Waals surface area contributed by atoms with Crippen LogP contribution >= 0.6 is 24.8 Å². The molecule has 1 N–H and O–H groups in total. The van der Waals surface area contributed by atoms with E-state index >= 15 is 0 Å². The Morgan fingerprint density at radius 2 is 2.00 bits per heavy atom. The van der Waals surface area contributed by atoms with Crippen molar-refractivity contribution in [2.75, 3.05) is 26.2 Å². The van der Waals surface area contributed by atoms with Gasteiger partial charge in [-0.15, -0.1) is 24.8 Å². The van der Waals surface area contributed by atoms with Crippen LogP contribution in [0.5, 0.6) is 0 Å². The molecular weight excluding hydrogens is 317 g/mol. The van der Waals surface area contributed by atoms with Gasteiger partial charge in [-0.05, 0) is 18.4 Å². The Hall–Kier alpha value is -0.820. The van der Waals surface area contributed by atoms with Crippen molar-refractivity contribution in [1.29, 1.82) is 0 Å². The van der Waals surface area contributed by atoms with Crippen LogP contribution in [0.2, 0.25) is 0 Å². The fourth-order valence-electron chi connectivity index (χ4n) is 2.73. The van der Waals surface area contributed by atoms with Crippen LogP contribution in [0.1, 0.15) is 31.1 Å². The van der Waals surface area contributed by atoms with Gasteiger partial charge in [0.2, 0.25) is 0 Å². The van der Waals surface area contributed by atoms with Gasteiger partial charge in [0.25, 0.3) is 0 Å². The van der Waals surface area contributed by atoms with Gasteiger partial charge in [-0.2, -0.15) is 0 Å². The van der Waals surface area contributed by atoms with Gasteiger partial charge in [0.05, 0.1) is 12.1 Å². The molecule has 0 aromatic carbocycles. The first-order chi connectivity index (χ1) is 9.24. The Kier molecular flexibility index (Phi) is 6.93. The van der Waals surface area contributed by atoms with Crippen LogP contribution in [0.15, 0.2) is 16.5 Å². The summed E-state index contributed by atoms with van der Waals surface area (Å²) in [7, 11) is 0. The summed E-state index contributed by atoms with van der Waals surface area (Å²) < 4.78 is 5.43. The number of furan rings is 1. The smallest absolute Gasteiger partial charge is 0.404 e. The Morgan fingerprint density at radius 3 is 2.52 bits per heavy atom. The van der Waals surface area contributed by atoms with Gasteiger partial charge in [-0.1, -0.05) is 12.8 Å². The third-order valence-electron chi connectivity index (χ3n) is 3.97. The maximum Gasteiger partial charge on any atom is 0.433 e. The molecule has 6 nitrogen and oxygen atoms in total. The Labute approximate surface area is 136 Å². The standard InChI is InChI=1S/C13H19N3O3.2ClH/c17-16(18)13-4-3-12(19-13)11(9-10-1-2-10)15-7-5-14-6-8-15;;/h3-4,10-11,14H,1-2,5-9H2;2*1H/t11-;;/m0../s1. The lowest BCUT2D eigenvalue weighted by Crippen LogP contribution is -2.45. The number of piperazine rings is 1. The van der Waals surface area contributed by atoms with Gasteiger partial charge in [0.1, 0.15) is 10.7 Å². The van der Waals surface area contributed by atoms with E-state index in [4.69, 9.17) is 4.42 Å². The molecule has 21 heavy (non-hydrogen) atoms. The minimum atomic E-state index is -0.463. The fraction of sp³-hybridized carbons (Fsp3) is 0.692. The van der Waals surface area contributed by atoms with E-state index in [-0.39, 0.29) is 36.7 Å². The van der Waals surface area contributed by atoms with Gasteiger partial charge in [0, 0.05) is 26.2 Å². The zero-order valence-corrected chi connectivity index (χ0v) is 13.3. The second-order valence-electron chi connectivity index (χ2n) is 5.41. The highest BCUT2D eigenvalue weighted by Gasteiger charge is 2.32. The molecule has 0 unspecified atom stereocenters. The molecule has 1 aromatic rings. The summed E-state index contributed by atoms with van der Waals surface area (Å²) in [5.41, 5.74) is 0. The number of nitrogens with zero attached hydrogens (tertiary/aromatic N) is 2. The molecule has 2 fully saturated rings. The summed E-state index contributed by atoms with van der Waals surface area (Å²) >= 11 is 0. The second kappa shape index (κ2) is 7.98. The molecular formula is C13H21Cl2N3O3. The van der Waals surface area contributed by atoms with Crippen molar-refractivity contribution in [2.45, 2.75) is 25.3 Å². The number of rotatable bonds is 5. The van der Waals surface area contributed by atoms with Gasteiger partial charge >= 0.3 is 5.88 Å². The number of nitrogens with one attached hydrogen (secondary N) is 1. The average molecular weight is 338 g/mol. The SMILES string of the molecule is Cl.Cl.O=[N+]([O-])c1ccc([C@H](CC2CC2)N2CCNCC2)o1. The highest BCUT2D eigenvalue weighted by Crippen LogP contribution is 2.41. The normalized spacial score (nSPS) is 20.2. The van der Waals surface area contributed by atoms with Crippen molar-refractivity contribution >= 4 is 30.7 Å². The van der Waals surface area contributed by atoms with E-state index in [9.17, 15) is 10.1 Å². The number of hydrogen-bond donors (Lipinski definition) is 1. The third-order valence-corrected chi connectivity index (χ3v) is 3.97. The van der Waals surface area contributed by atoms with E-state index in [0.29, 0.717) is 0 Å². The maximum atomic E-state index is 10.7. The fourth-order valence-corrected chi connectivity index (χ4v) is 2.73. The second-order valence-corrected chi connectivity index (χ2v) is 5.41. The van der Waals surface area contributed by atoms with E-state index in [1.807, 2.05) is 0 Å². The summed E-state index contributed by atoms with van der Waals surface area (Å²) in [4.78, 5) is 12.7. The first-order valence-electron chi connectivity index (χ1n) is 6.93. The van der Waals surface area contributed by atoms with Crippen LogP contribution in [0.3, 0.4) is 0 Å². The van der Waals surface area contributed by atoms with Crippen LogP contribution in [0, 0.1) is 16.0 Å². The summed E-state index contributed by atoms with van der Waals surface area (Å²) in [6.07, 6.45) is 3.63. The minimum absolute atomic E-state index is 0. The Morgan fingerprint density at radius 1 is 1.33 bits per heavy atom. The Bertz CT molecular complexity index is 459. The van der Waals surface area contributed by atoms with Crippen LogP contribution in [0.4, 0.5) is 5.88 Å². The molecule has 0 radical (unpaired) electrons. The third kappa shape index (κ3) is 4.57. The van der Waals surface area contributed by atoms with Crippen LogP contribution in [-0.2, 0) is 0 Å². The van der Waals surface area contributed by atoms with E-state index < -0.39 is 4.92 Å². The monoisotopic (exact) mass is 337 g/mol. The molecule has 0 spiro atoms. The highest BCUT2D eigenvalue weighted by atomic mass is 35.5. The molecule has 1 aliphatic carbocycles. The van der Waals surface area contributed by atoms with Crippen molar-refractivity contribution in [3.63, 3.8) is 0 Å². The molecule has 2 aliphatic rings. The predicted molar refractivity (Wildman–Crippen MR) is 84.4 cm³/mol. The van der Waals surface area contributed by atoms with E-state index in [1.54, 1.807) is 6.07 Å². The van der Waals surface area contributed by atoms with Gasteiger partial charge < -0.3 is 9.73 Å². The molecule has 8 heteroatoms. The van der Waals surface area contributed by atoms with Gasteiger partial charge in [-0.3, -0.25) is 15.0 Å². The van der Waals surface area contributed by atoms with Crippen LogP contribution in [0.25, 0.3) is 0 Å². The topological polar surface area (TPSA) is 71.6 Å². The summed E-state index contributed by atoms with van der Waals surface area (Å²) in [5.74, 6) is 1.37. The van der Waals surface area contributed by atoms with Crippen molar-refractivity contribution in [3.8, 4) is 0 Å². The zero-order valence-electron chi connectivity index (χ0n) is 11.7. The average Bonchev–Trinajstić information content (AvgIpc) is 3.11. The lowest BCUT2D eigenvalue weighted by molar-refractivity contribution is -0.402. The van der Waals surface area contributed by atoms with Crippen LogP contribution in [-0.4, -0.2) is 36.0 Å². The summed E-state index contributed by atoms with van der Waals surface area (Å²) in [5, 5.41) is 14.1. The first-order valence-corrected chi connectivity index (χ1v) is 6.93. The molecule has 1 saturated heterocycles. The van der Waals surface area contributed by atoms with Crippen molar-refractivity contribution in [3.05, 3.63) is 28.0 Å². The lowest BCUT2D eigenvalue weighted by atomic mass is 10.1. The van der Waals surface area contributed by atoms with Gasteiger partial charge in [-0.25, -0.2) is 0 Å². The molecule has 2 heterocycles. The number of hydrogen-bond acceptors (Lipinski definition) is 5. The number of nitro groups is 1. The number of halogens is 2. The molecule has 0 bridgehead atoms. The first kappa shape index (κ1) is 18.2. The molecule has 120 valence electrons. The van der Waals surface area contributed by atoms with Crippen molar-refractivity contribution in [1.82, 2.24) is 10.2 Å². The lowest BCUT2D eigenvalue weighted by Gasteiger charge is -2.33. The maximum absolute atomic E-state index is 10.7. The van der Waals surface area contributed by atoms with Gasteiger partial charge in [0.15, 0.2) is 0 Å². The molecule has 3 rings (SSSR count). The molecule has 1 aromatic heterocycles. The van der Waals surface area contributed by atoms with Crippen LogP contribution < -0.4 is 5.32 Å². The van der Waals surface area contributed by atoms with E-state index in [2.05, 4.69) is 10.2 Å². The van der Waals surface area contributed by atoms with E-state index in [0.717, 1.165) is 44.3 Å². The zero-order chi connectivity index (χ0) is 13.2. The van der Waals surface area contributed by atoms with Crippen molar-refractivity contribution < 1.29 is 9.34 Å². The predicted octanol–water partition coefficient (Wildman–Crippen LogP) is 2.78.